The number of phenolic OH excluding ortho intramolecular Hbond substituents is 8. The van der Waals surface area contributed by atoms with Crippen LogP contribution in [0.3, 0.4) is 0 Å². The molecule has 14 nitrogen and oxygen atoms in total. The fourth-order valence-corrected chi connectivity index (χ4v) is 10.7. The Kier molecular flexibility index (Phi) is 9.21. The Labute approximate surface area is 353 Å². The van der Waals surface area contributed by atoms with E-state index in [2.05, 4.69) is 0 Å². The second kappa shape index (κ2) is 14.5. The van der Waals surface area contributed by atoms with Crippen molar-refractivity contribution in [3.8, 4) is 51.7 Å². The highest BCUT2D eigenvalue weighted by atomic mass is 16.5. The fourth-order valence-electron chi connectivity index (χ4n) is 10.7. The highest BCUT2D eigenvalue weighted by Crippen LogP contribution is 2.70. The van der Waals surface area contributed by atoms with Crippen LogP contribution in [0.15, 0.2) is 103 Å². The van der Waals surface area contributed by atoms with Gasteiger partial charge in [-0.3, -0.25) is 0 Å². The number of phenols is 8. The van der Waals surface area contributed by atoms with Crippen LogP contribution in [0.1, 0.15) is 97.4 Å². The van der Waals surface area contributed by atoms with Crippen molar-refractivity contribution in [2.45, 2.75) is 66.2 Å². The third-order valence-electron chi connectivity index (χ3n) is 13.3. The maximum Gasteiger partial charge on any atom is 0.135 e. The van der Waals surface area contributed by atoms with Crippen molar-refractivity contribution in [3.63, 3.8) is 0 Å². The van der Waals surface area contributed by atoms with Gasteiger partial charge in [0, 0.05) is 52.5 Å². The first kappa shape index (κ1) is 39.5. The summed E-state index contributed by atoms with van der Waals surface area (Å²) in [6, 6.07) is 26.3. The Morgan fingerprint density at radius 3 is 1.50 bits per heavy atom. The summed E-state index contributed by atoms with van der Waals surface area (Å²) >= 11 is 0. The Morgan fingerprint density at radius 2 is 0.919 bits per heavy atom. The molecule has 4 aliphatic rings. The molecule has 2 aliphatic heterocycles. The number of rotatable bonds is 5. The SMILES string of the molecule is OC[C@H]1O[C@@H](c2c(O)cc3c(c2O)[C@H](c2ccc(O)cc2)[C@H]2c4cc(O)cc5c4[C@@H](c4cc(O)cc(O)c4[C@@H](c4ccc(O)cc4)[C@H]32)[C@H](c2ccc(O)cc2)O5)[C@H](O)[C@@H](O)[C@@H]1O. The fraction of sp³-hybridized carbons (Fsp3) is 0.250. The van der Waals surface area contributed by atoms with E-state index in [1.165, 1.54) is 54.6 Å². The molecule has 0 bridgehead atoms. The van der Waals surface area contributed by atoms with Crippen LogP contribution >= 0.6 is 0 Å². The van der Waals surface area contributed by atoms with Crippen LogP contribution < -0.4 is 4.74 Å². The molecule has 1 fully saturated rings. The number of benzene rings is 6. The molecule has 10 rings (SSSR count). The number of aliphatic hydroxyl groups is 4. The number of fused-ring (bicyclic) bond motifs is 6. The third-order valence-corrected chi connectivity index (χ3v) is 13.3. The molecule has 0 amide bonds. The zero-order chi connectivity index (χ0) is 43.5. The van der Waals surface area contributed by atoms with E-state index in [1.54, 1.807) is 48.5 Å². The third kappa shape index (κ3) is 5.90. The van der Waals surface area contributed by atoms with Gasteiger partial charge in [-0.1, -0.05) is 36.4 Å². The van der Waals surface area contributed by atoms with E-state index < -0.39 is 84.3 Å². The van der Waals surface area contributed by atoms with E-state index in [-0.39, 0.29) is 51.4 Å². The maximum atomic E-state index is 12.7. The lowest BCUT2D eigenvalue weighted by Crippen LogP contribution is -2.55. The molecule has 62 heavy (non-hydrogen) atoms. The van der Waals surface area contributed by atoms with Crippen LogP contribution in [0, 0.1) is 0 Å². The molecule has 0 aromatic heterocycles. The van der Waals surface area contributed by atoms with Crippen LogP contribution in [0.25, 0.3) is 0 Å². The lowest BCUT2D eigenvalue weighted by molar-refractivity contribution is -0.232. The van der Waals surface area contributed by atoms with Gasteiger partial charge in [0.05, 0.1) is 18.1 Å². The number of hydrogen-bond acceptors (Lipinski definition) is 14. The van der Waals surface area contributed by atoms with Crippen molar-refractivity contribution in [1.82, 2.24) is 0 Å². The maximum absolute atomic E-state index is 12.7. The molecule has 0 radical (unpaired) electrons. The van der Waals surface area contributed by atoms with Gasteiger partial charge in [0.15, 0.2) is 0 Å². The van der Waals surface area contributed by atoms with Gasteiger partial charge in [0.25, 0.3) is 0 Å². The summed E-state index contributed by atoms with van der Waals surface area (Å²) in [6.07, 6.45) is -9.32. The Balaban J connectivity index is 1.33. The number of aliphatic hydroxyl groups excluding tert-OH is 4. The van der Waals surface area contributed by atoms with Gasteiger partial charge in [0.1, 0.15) is 88.4 Å². The molecule has 11 atom stereocenters. The summed E-state index contributed by atoms with van der Waals surface area (Å²) in [5.74, 6) is -5.91. The molecule has 6 aromatic carbocycles. The molecule has 6 aromatic rings. The van der Waals surface area contributed by atoms with E-state index in [4.69, 9.17) is 9.47 Å². The summed E-state index contributed by atoms with van der Waals surface area (Å²) in [5.41, 5.74) is 3.92. The molecule has 12 N–H and O–H groups in total. The van der Waals surface area contributed by atoms with Crippen molar-refractivity contribution in [3.05, 3.63) is 159 Å². The minimum atomic E-state index is -1.88. The molecular weight excluding hydrogens is 801 g/mol. The molecule has 0 spiro atoms. The summed E-state index contributed by atoms with van der Waals surface area (Å²) in [4.78, 5) is 0. The Morgan fingerprint density at radius 1 is 0.419 bits per heavy atom. The molecule has 1 saturated heterocycles. The smallest absolute Gasteiger partial charge is 0.135 e. The van der Waals surface area contributed by atoms with Gasteiger partial charge < -0.3 is 70.8 Å². The molecule has 0 saturated carbocycles. The first-order chi connectivity index (χ1) is 29.7. The predicted molar refractivity (Wildman–Crippen MR) is 219 cm³/mol. The van der Waals surface area contributed by atoms with E-state index in [9.17, 15) is 61.3 Å². The summed E-state index contributed by atoms with van der Waals surface area (Å²) in [7, 11) is 0. The second-order valence-corrected chi connectivity index (χ2v) is 16.6. The number of hydrogen-bond donors (Lipinski definition) is 12. The topological polar surface area (TPSA) is 261 Å². The normalized spacial score (nSPS) is 28.2. The number of aromatic hydroxyl groups is 8. The lowest BCUT2D eigenvalue weighted by Gasteiger charge is -2.40. The largest absolute Gasteiger partial charge is 0.508 e. The first-order valence-corrected chi connectivity index (χ1v) is 20.1. The first-order valence-electron chi connectivity index (χ1n) is 20.1. The zero-order valence-corrected chi connectivity index (χ0v) is 32.6. The van der Waals surface area contributed by atoms with Crippen LogP contribution in [0.4, 0.5) is 0 Å². The van der Waals surface area contributed by atoms with Crippen molar-refractivity contribution in [1.29, 1.82) is 0 Å². The van der Waals surface area contributed by atoms with Crippen LogP contribution in [-0.2, 0) is 4.74 Å². The van der Waals surface area contributed by atoms with E-state index in [1.807, 2.05) is 0 Å². The Bertz CT molecular complexity index is 2720. The molecule has 14 heteroatoms. The second-order valence-electron chi connectivity index (χ2n) is 16.6. The quantitative estimate of drug-likeness (QED) is 0.106. The van der Waals surface area contributed by atoms with Crippen LogP contribution in [-0.4, -0.2) is 92.3 Å². The van der Waals surface area contributed by atoms with Crippen LogP contribution in [0.5, 0.6) is 51.7 Å². The van der Waals surface area contributed by atoms with Crippen LogP contribution in [0.2, 0.25) is 0 Å². The van der Waals surface area contributed by atoms with Crippen molar-refractivity contribution < 1.29 is 70.8 Å². The highest BCUT2D eigenvalue weighted by molar-refractivity contribution is 5.71. The van der Waals surface area contributed by atoms with Gasteiger partial charge >= 0.3 is 0 Å². The van der Waals surface area contributed by atoms with E-state index >= 15 is 0 Å². The van der Waals surface area contributed by atoms with E-state index in [0.29, 0.717) is 44.5 Å². The zero-order valence-electron chi connectivity index (χ0n) is 32.6. The average molecular weight is 843 g/mol. The van der Waals surface area contributed by atoms with Crippen molar-refractivity contribution >= 4 is 0 Å². The Hall–Kier alpha value is -6.68. The molecule has 0 unspecified atom stereocenters. The van der Waals surface area contributed by atoms with Gasteiger partial charge in [-0.2, -0.15) is 0 Å². The van der Waals surface area contributed by atoms with Gasteiger partial charge in [-0.25, -0.2) is 0 Å². The lowest BCUT2D eigenvalue weighted by atomic mass is 9.63. The summed E-state index contributed by atoms with van der Waals surface area (Å²) in [5, 5.41) is 134. The van der Waals surface area contributed by atoms with Gasteiger partial charge in [-0.05, 0) is 88.0 Å². The molecular formula is C48H42O14. The van der Waals surface area contributed by atoms with Crippen molar-refractivity contribution in [2.24, 2.45) is 0 Å². The molecule has 2 aliphatic carbocycles. The highest BCUT2D eigenvalue weighted by Gasteiger charge is 2.56. The number of ether oxygens (including phenoxy) is 2. The molecule has 318 valence electrons. The monoisotopic (exact) mass is 842 g/mol. The van der Waals surface area contributed by atoms with Gasteiger partial charge in [0.2, 0.25) is 0 Å². The standard InChI is InChI=1S/C48H42O14/c49-18-33-43(57)45(59)46(60)48(62-33)42-31(56)17-29-39-34(19-1-7-22(50)8-2-19)36-27(13-25(53)15-30(36)55)41-37-28(38(39)35(40(29)44(42)58)20-3-9-23(51)10-4-20)14-26(54)16-32(37)61-47(41)21-5-11-24(52)12-6-21/h1-17,33-35,38-39,41,43,45-60H,18H2/t33-,34-,35-,38-,39+,41-,43-,45+,46-,47+,48+/m1/s1. The minimum absolute atomic E-state index is 0.0118. The predicted octanol–water partition coefficient (Wildman–Crippen LogP) is 5.27. The average Bonchev–Trinajstić information content (AvgIpc) is 3.78. The van der Waals surface area contributed by atoms with E-state index in [0.717, 1.165) is 0 Å². The summed E-state index contributed by atoms with van der Waals surface area (Å²) in [6.45, 7) is -0.766. The van der Waals surface area contributed by atoms with Gasteiger partial charge in [-0.15, -0.1) is 0 Å². The molecule has 2 heterocycles. The summed E-state index contributed by atoms with van der Waals surface area (Å²) < 4.78 is 12.6. The minimum Gasteiger partial charge on any atom is -0.508 e. The van der Waals surface area contributed by atoms with Crippen molar-refractivity contribution in [2.75, 3.05) is 6.61 Å².